The molecule has 0 unspecified atom stereocenters. The standard InChI is InChI=1S/C18H16ClN3O2S/c1-24-18-7-6-13-15(22-18)9-12(10-16(13)25-20)21-17(23)8-11-4-2-3-5-14(11)19/h2-7,9-10H,8,20H2,1H3,(H,21,23). The first-order valence-electron chi connectivity index (χ1n) is 7.49. The van der Waals surface area contributed by atoms with Crippen molar-refractivity contribution in [1.82, 2.24) is 4.98 Å². The van der Waals surface area contributed by atoms with E-state index in [0.29, 0.717) is 22.1 Å². The third kappa shape index (κ3) is 4.04. The van der Waals surface area contributed by atoms with Gasteiger partial charge in [0.15, 0.2) is 0 Å². The first-order valence-corrected chi connectivity index (χ1v) is 8.75. The van der Waals surface area contributed by atoms with Crippen LogP contribution in [-0.2, 0) is 11.2 Å². The predicted octanol–water partition coefficient (Wildman–Crippen LogP) is 4.04. The summed E-state index contributed by atoms with van der Waals surface area (Å²) in [6.45, 7) is 0. The van der Waals surface area contributed by atoms with Crippen LogP contribution in [0.4, 0.5) is 5.69 Å². The van der Waals surface area contributed by atoms with Gasteiger partial charge in [0.2, 0.25) is 11.8 Å². The SMILES string of the molecule is COc1ccc2c(SN)cc(NC(=O)Cc3ccccc3Cl)cc2n1. The summed E-state index contributed by atoms with van der Waals surface area (Å²) in [5.41, 5.74) is 2.09. The number of pyridine rings is 1. The molecule has 0 radical (unpaired) electrons. The van der Waals surface area contributed by atoms with Gasteiger partial charge in [-0.1, -0.05) is 29.8 Å². The van der Waals surface area contributed by atoms with E-state index < -0.39 is 0 Å². The lowest BCUT2D eigenvalue weighted by molar-refractivity contribution is -0.115. The number of methoxy groups -OCH3 is 1. The topological polar surface area (TPSA) is 77.2 Å². The van der Waals surface area contributed by atoms with E-state index in [4.69, 9.17) is 21.5 Å². The number of carbonyl (C=O) groups excluding carboxylic acids is 1. The Morgan fingerprint density at radius 2 is 2.08 bits per heavy atom. The molecule has 128 valence electrons. The van der Waals surface area contributed by atoms with E-state index in [0.717, 1.165) is 27.8 Å². The van der Waals surface area contributed by atoms with Gasteiger partial charge in [0.25, 0.3) is 0 Å². The molecule has 2 aromatic carbocycles. The Morgan fingerprint density at radius 1 is 1.28 bits per heavy atom. The monoisotopic (exact) mass is 373 g/mol. The van der Waals surface area contributed by atoms with E-state index in [2.05, 4.69) is 10.3 Å². The molecule has 5 nitrogen and oxygen atoms in total. The summed E-state index contributed by atoms with van der Waals surface area (Å²) in [6, 6.07) is 14.6. The molecule has 25 heavy (non-hydrogen) atoms. The summed E-state index contributed by atoms with van der Waals surface area (Å²) in [6.07, 6.45) is 0.189. The molecule has 0 bridgehead atoms. The van der Waals surface area contributed by atoms with Crippen molar-refractivity contribution in [2.45, 2.75) is 11.3 Å². The summed E-state index contributed by atoms with van der Waals surface area (Å²) in [4.78, 5) is 17.6. The van der Waals surface area contributed by atoms with Crippen LogP contribution in [-0.4, -0.2) is 18.0 Å². The highest BCUT2D eigenvalue weighted by Crippen LogP contribution is 2.29. The fourth-order valence-electron chi connectivity index (χ4n) is 2.49. The highest BCUT2D eigenvalue weighted by molar-refractivity contribution is 7.97. The molecule has 0 saturated carbocycles. The van der Waals surface area contributed by atoms with E-state index in [1.54, 1.807) is 25.3 Å². The van der Waals surface area contributed by atoms with Crippen molar-refractivity contribution in [3.05, 3.63) is 59.1 Å². The van der Waals surface area contributed by atoms with Crippen LogP contribution in [0.2, 0.25) is 5.02 Å². The van der Waals surface area contributed by atoms with E-state index >= 15 is 0 Å². The van der Waals surface area contributed by atoms with Crippen molar-refractivity contribution >= 4 is 46.0 Å². The number of nitrogens with zero attached hydrogens (tertiary/aromatic N) is 1. The number of halogens is 1. The Bertz CT molecular complexity index is 933. The molecule has 0 spiro atoms. The Balaban J connectivity index is 1.87. The first kappa shape index (κ1) is 17.5. The van der Waals surface area contributed by atoms with E-state index in [9.17, 15) is 4.79 Å². The quantitative estimate of drug-likeness (QED) is 0.660. The number of fused-ring (bicyclic) bond motifs is 1. The minimum absolute atomic E-state index is 0.164. The molecule has 3 N–H and O–H groups in total. The van der Waals surface area contributed by atoms with Crippen molar-refractivity contribution < 1.29 is 9.53 Å². The summed E-state index contributed by atoms with van der Waals surface area (Å²) in [5.74, 6) is 0.336. The van der Waals surface area contributed by atoms with Crippen LogP contribution < -0.4 is 15.2 Å². The van der Waals surface area contributed by atoms with Gasteiger partial charge in [0.05, 0.1) is 19.0 Å². The lowest BCUT2D eigenvalue weighted by atomic mass is 10.1. The number of nitrogens with one attached hydrogen (secondary N) is 1. The van der Waals surface area contributed by atoms with Crippen molar-refractivity contribution in [2.24, 2.45) is 5.14 Å². The Hall–Kier alpha value is -2.28. The number of anilines is 1. The zero-order valence-electron chi connectivity index (χ0n) is 13.5. The van der Waals surface area contributed by atoms with E-state index in [1.807, 2.05) is 30.3 Å². The second-order valence-corrected chi connectivity index (χ2v) is 6.41. The van der Waals surface area contributed by atoms with Gasteiger partial charge < -0.3 is 10.1 Å². The fraction of sp³-hybridized carbons (Fsp3) is 0.111. The van der Waals surface area contributed by atoms with Gasteiger partial charge in [0.1, 0.15) is 0 Å². The molecule has 0 aliphatic rings. The van der Waals surface area contributed by atoms with Crippen LogP contribution in [0.3, 0.4) is 0 Å². The minimum atomic E-state index is -0.164. The highest BCUT2D eigenvalue weighted by Gasteiger charge is 2.11. The number of carbonyl (C=O) groups is 1. The molecular weight excluding hydrogens is 358 g/mol. The van der Waals surface area contributed by atoms with Crippen LogP contribution in [0.15, 0.2) is 53.4 Å². The Labute approximate surface area is 154 Å². The van der Waals surface area contributed by atoms with Gasteiger partial charge in [-0.15, -0.1) is 0 Å². The maximum Gasteiger partial charge on any atom is 0.228 e. The van der Waals surface area contributed by atoms with Gasteiger partial charge in [-0.25, -0.2) is 4.98 Å². The zero-order valence-corrected chi connectivity index (χ0v) is 15.0. The minimum Gasteiger partial charge on any atom is -0.481 e. The van der Waals surface area contributed by atoms with E-state index in [1.165, 1.54) is 0 Å². The molecule has 0 saturated heterocycles. The maximum atomic E-state index is 12.3. The highest BCUT2D eigenvalue weighted by atomic mass is 35.5. The van der Waals surface area contributed by atoms with Crippen molar-refractivity contribution in [1.29, 1.82) is 0 Å². The number of hydrogen-bond acceptors (Lipinski definition) is 5. The van der Waals surface area contributed by atoms with Crippen LogP contribution in [0.1, 0.15) is 5.56 Å². The molecule has 1 heterocycles. The fourth-order valence-corrected chi connectivity index (χ4v) is 3.18. The summed E-state index contributed by atoms with van der Waals surface area (Å²) in [5, 5.41) is 10.1. The number of benzene rings is 2. The number of nitrogens with two attached hydrogens (primary N) is 1. The molecule has 1 amide bonds. The van der Waals surface area contributed by atoms with Crippen molar-refractivity contribution in [3.63, 3.8) is 0 Å². The molecule has 0 fully saturated rings. The Morgan fingerprint density at radius 3 is 2.80 bits per heavy atom. The van der Waals surface area contributed by atoms with Gasteiger partial charge in [0, 0.05) is 27.1 Å². The van der Waals surface area contributed by atoms with Crippen LogP contribution >= 0.6 is 23.5 Å². The van der Waals surface area contributed by atoms with Crippen LogP contribution in [0, 0.1) is 0 Å². The number of amides is 1. The maximum absolute atomic E-state index is 12.3. The van der Waals surface area contributed by atoms with Gasteiger partial charge in [-0.05, 0) is 41.8 Å². The third-order valence-electron chi connectivity index (χ3n) is 3.67. The van der Waals surface area contributed by atoms with Gasteiger partial charge in [-0.3, -0.25) is 9.93 Å². The van der Waals surface area contributed by atoms with Crippen LogP contribution in [0.25, 0.3) is 10.9 Å². The smallest absolute Gasteiger partial charge is 0.228 e. The van der Waals surface area contributed by atoms with E-state index in [-0.39, 0.29) is 12.3 Å². The second kappa shape index (κ2) is 7.74. The average molecular weight is 374 g/mol. The molecule has 1 aromatic heterocycles. The number of aromatic nitrogens is 1. The lowest BCUT2D eigenvalue weighted by Gasteiger charge is -2.11. The third-order valence-corrected chi connectivity index (χ3v) is 4.63. The zero-order chi connectivity index (χ0) is 17.8. The van der Waals surface area contributed by atoms with Crippen LogP contribution in [0.5, 0.6) is 5.88 Å². The first-order chi connectivity index (χ1) is 12.1. The molecule has 3 aromatic rings. The summed E-state index contributed by atoms with van der Waals surface area (Å²) >= 11 is 7.21. The number of hydrogen-bond donors (Lipinski definition) is 2. The summed E-state index contributed by atoms with van der Waals surface area (Å²) < 4.78 is 5.16. The average Bonchev–Trinajstić information content (AvgIpc) is 2.62. The predicted molar refractivity (Wildman–Crippen MR) is 102 cm³/mol. The number of ether oxygens (including phenoxy) is 1. The Kier molecular flexibility index (Phi) is 5.43. The number of rotatable bonds is 5. The molecule has 0 aliphatic heterocycles. The molecular formula is C18H16ClN3O2S. The summed E-state index contributed by atoms with van der Waals surface area (Å²) in [7, 11) is 1.56. The largest absolute Gasteiger partial charge is 0.481 e. The lowest BCUT2D eigenvalue weighted by Crippen LogP contribution is -2.14. The van der Waals surface area contributed by atoms with Crippen molar-refractivity contribution in [3.8, 4) is 5.88 Å². The molecule has 7 heteroatoms. The van der Waals surface area contributed by atoms with Crippen molar-refractivity contribution in [2.75, 3.05) is 12.4 Å². The van der Waals surface area contributed by atoms with Gasteiger partial charge >= 0.3 is 0 Å². The second-order valence-electron chi connectivity index (χ2n) is 5.33. The molecule has 3 rings (SSSR count). The molecule has 0 atom stereocenters. The van der Waals surface area contributed by atoms with Gasteiger partial charge in [-0.2, -0.15) is 0 Å². The normalized spacial score (nSPS) is 10.7. The molecule has 0 aliphatic carbocycles.